The Labute approximate surface area is 171 Å². The number of piperidine rings is 1. The van der Waals surface area contributed by atoms with E-state index in [1.54, 1.807) is 0 Å². The molecule has 0 aromatic carbocycles. The number of rotatable bonds is 6. The Morgan fingerprint density at radius 2 is 2.14 bits per heavy atom. The maximum Gasteiger partial charge on any atom is 0.222 e. The van der Waals surface area contributed by atoms with Crippen molar-refractivity contribution in [2.45, 2.75) is 52.0 Å². The molecule has 7 nitrogen and oxygen atoms in total. The molecule has 1 atom stereocenters. The first kappa shape index (κ1) is 19.4. The summed E-state index contributed by atoms with van der Waals surface area (Å²) >= 11 is 0. The van der Waals surface area contributed by atoms with Gasteiger partial charge in [0, 0.05) is 56.1 Å². The fourth-order valence-electron chi connectivity index (χ4n) is 4.06. The van der Waals surface area contributed by atoms with Crippen LogP contribution >= 0.6 is 0 Å². The van der Waals surface area contributed by atoms with E-state index in [0.717, 1.165) is 54.4 Å². The Morgan fingerprint density at radius 1 is 1.24 bits per heavy atom. The molecule has 0 bridgehead atoms. The van der Waals surface area contributed by atoms with Crippen LogP contribution in [0.25, 0.3) is 0 Å². The monoisotopic (exact) mass is 392 g/mol. The van der Waals surface area contributed by atoms with Gasteiger partial charge in [0.15, 0.2) is 0 Å². The second kappa shape index (κ2) is 8.59. The molecule has 1 aliphatic rings. The lowest BCUT2D eigenvalue weighted by Crippen LogP contribution is -2.40. The highest BCUT2D eigenvalue weighted by Crippen LogP contribution is 2.27. The fourth-order valence-corrected chi connectivity index (χ4v) is 4.06. The second-order valence-electron chi connectivity index (χ2n) is 7.83. The van der Waals surface area contributed by atoms with E-state index in [0.29, 0.717) is 19.4 Å². The Kier molecular flexibility index (Phi) is 5.74. The molecule has 1 fully saturated rings. The number of nitrogens with one attached hydrogen (secondary N) is 1. The summed E-state index contributed by atoms with van der Waals surface area (Å²) in [5.41, 5.74) is 4.24. The van der Waals surface area contributed by atoms with E-state index in [-0.39, 0.29) is 11.8 Å². The molecule has 4 rings (SSSR count). The Hall–Kier alpha value is -2.96. The molecular weight excluding hydrogens is 364 g/mol. The zero-order valence-electron chi connectivity index (χ0n) is 17.1. The van der Waals surface area contributed by atoms with E-state index >= 15 is 0 Å². The van der Waals surface area contributed by atoms with Gasteiger partial charge in [0.25, 0.3) is 0 Å². The molecule has 3 aromatic rings. The van der Waals surface area contributed by atoms with Gasteiger partial charge in [-0.3, -0.25) is 14.9 Å². The molecule has 4 heterocycles. The summed E-state index contributed by atoms with van der Waals surface area (Å²) in [6, 6.07) is 5.95. The van der Waals surface area contributed by atoms with E-state index < -0.39 is 0 Å². The summed E-state index contributed by atoms with van der Waals surface area (Å²) in [6.07, 6.45) is 8.92. The van der Waals surface area contributed by atoms with Gasteiger partial charge in [-0.2, -0.15) is 5.10 Å². The molecule has 0 saturated carbocycles. The van der Waals surface area contributed by atoms with E-state index in [9.17, 15) is 4.79 Å². The average Bonchev–Trinajstić information content (AvgIpc) is 3.34. The molecule has 29 heavy (non-hydrogen) atoms. The van der Waals surface area contributed by atoms with Gasteiger partial charge in [0.05, 0.1) is 17.9 Å². The van der Waals surface area contributed by atoms with Crippen molar-refractivity contribution in [2.75, 3.05) is 13.1 Å². The summed E-state index contributed by atoms with van der Waals surface area (Å²) in [6.45, 7) is 6.33. The van der Waals surface area contributed by atoms with Crippen molar-refractivity contribution in [3.05, 3.63) is 65.3 Å². The van der Waals surface area contributed by atoms with E-state index in [4.69, 9.17) is 0 Å². The number of likely N-dealkylation sites (tertiary alicyclic amines) is 1. The van der Waals surface area contributed by atoms with Crippen molar-refractivity contribution in [1.29, 1.82) is 0 Å². The van der Waals surface area contributed by atoms with Crippen LogP contribution in [0.5, 0.6) is 0 Å². The number of imidazole rings is 1. The fraction of sp³-hybridized carbons (Fsp3) is 0.455. The van der Waals surface area contributed by atoms with Crippen LogP contribution < -0.4 is 0 Å². The number of aryl methyl sites for hydroxylation is 2. The summed E-state index contributed by atoms with van der Waals surface area (Å²) in [4.78, 5) is 23.9. The lowest BCUT2D eigenvalue weighted by Gasteiger charge is -2.32. The van der Waals surface area contributed by atoms with E-state index in [1.165, 1.54) is 0 Å². The average molecular weight is 393 g/mol. The maximum atomic E-state index is 12.8. The van der Waals surface area contributed by atoms with Crippen molar-refractivity contribution in [1.82, 2.24) is 29.6 Å². The Morgan fingerprint density at radius 3 is 2.90 bits per heavy atom. The summed E-state index contributed by atoms with van der Waals surface area (Å²) in [7, 11) is 0. The standard InChI is InChI=1S/C22H28N6O/c1-16-17(2)25-26-20(16)8-9-21(29)27-12-5-6-18(14-27)22-24-11-13-28(22)15-19-7-3-4-10-23-19/h3-4,7,10-11,13,18H,5-6,8-9,12,14-15H2,1-2H3,(H,25,26)/t18-/m0/s1. The highest BCUT2D eigenvalue weighted by atomic mass is 16.2. The number of H-pyrrole nitrogens is 1. The SMILES string of the molecule is Cc1[nH]nc(CCC(=O)N2CCC[C@H](c3nccn3Cc3ccccn3)C2)c1C. The maximum absolute atomic E-state index is 12.8. The van der Waals surface area contributed by atoms with Crippen molar-refractivity contribution < 1.29 is 4.79 Å². The highest BCUT2D eigenvalue weighted by molar-refractivity contribution is 5.76. The quantitative estimate of drug-likeness (QED) is 0.699. The van der Waals surface area contributed by atoms with Crippen molar-refractivity contribution >= 4 is 5.91 Å². The zero-order chi connectivity index (χ0) is 20.2. The second-order valence-corrected chi connectivity index (χ2v) is 7.83. The first-order chi connectivity index (χ1) is 14.1. The van der Waals surface area contributed by atoms with Gasteiger partial charge in [-0.05, 0) is 44.4 Å². The van der Waals surface area contributed by atoms with E-state index in [2.05, 4.69) is 31.7 Å². The number of pyridine rings is 1. The van der Waals surface area contributed by atoms with Gasteiger partial charge >= 0.3 is 0 Å². The van der Waals surface area contributed by atoms with Gasteiger partial charge in [-0.25, -0.2) is 4.98 Å². The topological polar surface area (TPSA) is 79.7 Å². The number of aromatic nitrogens is 5. The van der Waals surface area contributed by atoms with Crippen LogP contribution in [0, 0.1) is 13.8 Å². The predicted molar refractivity (Wildman–Crippen MR) is 111 cm³/mol. The summed E-state index contributed by atoms with van der Waals surface area (Å²) in [5.74, 6) is 1.52. The molecule has 3 aromatic heterocycles. The summed E-state index contributed by atoms with van der Waals surface area (Å²) < 4.78 is 2.16. The van der Waals surface area contributed by atoms with Crippen molar-refractivity contribution in [3.63, 3.8) is 0 Å². The van der Waals surface area contributed by atoms with Gasteiger partial charge in [-0.15, -0.1) is 0 Å². The number of aromatic amines is 1. The summed E-state index contributed by atoms with van der Waals surface area (Å²) in [5, 5.41) is 7.33. The Bertz CT molecular complexity index is 961. The molecule has 1 saturated heterocycles. The third-order valence-corrected chi connectivity index (χ3v) is 5.88. The number of carbonyl (C=O) groups excluding carboxylic acids is 1. The van der Waals surface area contributed by atoms with Crippen LogP contribution in [-0.2, 0) is 17.8 Å². The molecule has 7 heteroatoms. The molecule has 0 unspecified atom stereocenters. The van der Waals surface area contributed by atoms with Crippen LogP contribution in [0.2, 0.25) is 0 Å². The van der Waals surface area contributed by atoms with Crippen molar-refractivity contribution in [3.8, 4) is 0 Å². The van der Waals surface area contributed by atoms with Crippen LogP contribution in [0.3, 0.4) is 0 Å². The molecule has 0 aliphatic carbocycles. The minimum atomic E-state index is 0.206. The molecule has 0 spiro atoms. The van der Waals surface area contributed by atoms with Gasteiger partial charge < -0.3 is 9.47 Å². The van der Waals surface area contributed by atoms with Crippen LogP contribution in [0.1, 0.15) is 53.7 Å². The predicted octanol–water partition coefficient (Wildman–Crippen LogP) is 3.01. The smallest absolute Gasteiger partial charge is 0.222 e. The van der Waals surface area contributed by atoms with Gasteiger partial charge in [-0.1, -0.05) is 6.07 Å². The van der Waals surface area contributed by atoms with E-state index in [1.807, 2.05) is 48.6 Å². The lowest BCUT2D eigenvalue weighted by molar-refractivity contribution is -0.132. The van der Waals surface area contributed by atoms with Crippen LogP contribution in [0.15, 0.2) is 36.8 Å². The number of amides is 1. The third kappa shape index (κ3) is 4.39. The number of carbonyl (C=O) groups is 1. The van der Waals surface area contributed by atoms with Gasteiger partial charge in [0.1, 0.15) is 5.82 Å². The van der Waals surface area contributed by atoms with Crippen LogP contribution in [-0.4, -0.2) is 48.6 Å². The number of nitrogens with zero attached hydrogens (tertiary/aromatic N) is 5. The molecule has 0 radical (unpaired) electrons. The Balaban J connectivity index is 1.39. The van der Waals surface area contributed by atoms with Crippen LogP contribution in [0.4, 0.5) is 0 Å². The molecule has 1 N–H and O–H groups in total. The van der Waals surface area contributed by atoms with Crippen molar-refractivity contribution in [2.24, 2.45) is 0 Å². The first-order valence-electron chi connectivity index (χ1n) is 10.3. The largest absolute Gasteiger partial charge is 0.342 e. The minimum absolute atomic E-state index is 0.206. The van der Waals surface area contributed by atoms with Gasteiger partial charge in [0.2, 0.25) is 5.91 Å². The lowest BCUT2D eigenvalue weighted by atomic mass is 9.96. The molecule has 1 amide bonds. The molecular formula is C22H28N6O. The number of hydrogen-bond donors (Lipinski definition) is 1. The zero-order valence-corrected chi connectivity index (χ0v) is 17.1. The minimum Gasteiger partial charge on any atom is -0.342 e. The molecule has 1 aliphatic heterocycles. The normalized spacial score (nSPS) is 16.9. The third-order valence-electron chi connectivity index (χ3n) is 5.88. The molecule has 152 valence electrons. The highest BCUT2D eigenvalue weighted by Gasteiger charge is 2.27. The first-order valence-corrected chi connectivity index (χ1v) is 10.3. The number of hydrogen-bond acceptors (Lipinski definition) is 4.